The number of sulfone groups is 1. The highest BCUT2D eigenvalue weighted by molar-refractivity contribution is 7.90. The summed E-state index contributed by atoms with van der Waals surface area (Å²) in [6, 6.07) is 0. The van der Waals surface area contributed by atoms with Crippen LogP contribution >= 0.6 is 0 Å². The van der Waals surface area contributed by atoms with Crippen molar-refractivity contribution in [1.29, 1.82) is 0 Å². The average molecular weight is 541 g/mol. The van der Waals surface area contributed by atoms with Gasteiger partial charge in [-0.25, -0.2) is 13.4 Å². The molecule has 1 saturated heterocycles. The molecule has 2 aromatic rings. The number of hydrogen-bond donors (Lipinski definition) is 2. The number of primary amides is 1. The summed E-state index contributed by atoms with van der Waals surface area (Å²) in [5, 5.41) is -1.23. The number of amides is 1. The van der Waals surface area contributed by atoms with E-state index in [1.54, 1.807) is 0 Å². The van der Waals surface area contributed by atoms with Crippen LogP contribution in [-0.2, 0) is 43.2 Å². The molecule has 0 aliphatic carbocycles. The van der Waals surface area contributed by atoms with Crippen molar-refractivity contribution in [2.45, 2.75) is 50.5 Å². The van der Waals surface area contributed by atoms with E-state index in [-0.39, 0.29) is 0 Å². The van der Waals surface area contributed by atoms with Gasteiger partial charge < -0.3 is 35.0 Å². The molecule has 4 unspecified atom stereocenters. The third-order valence-electron chi connectivity index (χ3n) is 5.09. The molecule has 1 aliphatic rings. The minimum atomic E-state index is -4.05. The number of carbonyl (C=O) groups excluding carboxylic acids is 4. The lowest BCUT2D eigenvalue weighted by Gasteiger charge is -2.25. The molecule has 0 radical (unpaired) electrons. The molecule has 0 aromatic carbocycles. The van der Waals surface area contributed by atoms with Gasteiger partial charge in [0.05, 0.1) is 0 Å². The summed E-state index contributed by atoms with van der Waals surface area (Å²) in [4.78, 5) is 67.8. The number of carbonyl (C=O) groups is 4. The normalized spacial score (nSPS) is 21.4. The number of nitrogen functional groups attached to an aromatic ring is 1. The Morgan fingerprint density at radius 3 is 2.16 bits per heavy atom. The number of pyridine rings is 1. The first-order chi connectivity index (χ1) is 17.1. The summed E-state index contributed by atoms with van der Waals surface area (Å²) in [5.41, 5.74) is 9.22. The van der Waals surface area contributed by atoms with Gasteiger partial charge in [-0.3, -0.25) is 24.0 Å². The van der Waals surface area contributed by atoms with Crippen LogP contribution in [0.5, 0.6) is 0 Å². The van der Waals surface area contributed by atoms with Crippen LogP contribution < -0.4 is 16.9 Å². The molecule has 0 saturated carbocycles. The number of rotatable bonds is 7. The van der Waals surface area contributed by atoms with Crippen LogP contribution in [0.2, 0.25) is 0 Å². The Morgan fingerprint density at radius 2 is 1.65 bits per heavy atom. The van der Waals surface area contributed by atoms with Crippen molar-refractivity contribution in [2.75, 3.05) is 18.6 Å². The fraction of sp³-hybridized carbons (Fsp3) is 0.450. The molecule has 4 N–H and O–H groups in total. The minimum absolute atomic E-state index is 0.417. The van der Waals surface area contributed by atoms with Gasteiger partial charge in [0.2, 0.25) is 15.3 Å². The quantitative estimate of drug-likeness (QED) is 0.223. The van der Waals surface area contributed by atoms with E-state index in [4.69, 9.17) is 30.4 Å². The van der Waals surface area contributed by atoms with Crippen molar-refractivity contribution in [2.24, 2.45) is 5.73 Å². The molecule has 3 rings (SSSR count). The fourth-order valence-corrected chi connectivity index (χ4v) is 4.21. The second kappa shape index (κ2) is 10.1. The van der Waals surface area contributed by atoms with Gasteiger partial charge in [-0.15, -0.1) is 0 Å². The first-order valence-corrected chi connectivity index (χ1v) is 12.4. The lowest BCUT2D eigenvalue weighted by molar-refractivity contribution is -0.166. The van der Waals surface area contributed by atoms with Crippen LogP contribution in [0.15, 0.2) is 16.1 Å². The molecule has 4 atom stereocenters. The van der Waals surface area contributed by atoms with Crippen molar-refractivity contribution >= 4 is 50.5 Å². The van der Waals surface area contributed by atoms with Crippen molar-refractivity contribution in [3.8, 4) is 0 Å². The molecular weight excluding hydrogens is 518 g/mol. The highest BCUT2D eigenvalue weighted by atomic mass is 32.2. The maximum absolute atomic E-state index is 13.0. The van der Waals surface area contributed by atoms with E-state index < -0.39 is 97.8 Å². The van der Waals surface area contributed by atoms with Gasteiger partial charge in [0.1, 0.15) is 29.5 Å². The average Bonchev–Trinajstić information content (AvgIpc) is 3.07. The first-order valence-electron chi connectivity index (χ1n) is 10.5. The van der Waals surface area contributed by atoms with Crippen LogP contribution in [0.3, 0.4) is 0 Å². The SMILES string of the molecule is CC(=O)OCC1OC(n2cc(C(N)=O)c(=O)c3c(N)nc(S(C)(=O)=O)nc32)C(OC(C)=O)C1OC(C)=O. The lowest BCUT2D eigenvalue weighted by atomic mass is 10.1. The topological polar surface area (TPSA) is 239 Å². The zero-order valence-electron chi connectivity index (χ0n) is 20.0. The molecular formula is C20H23N5O11S. The third kappa shape index (κ3) is 5.67. The molecule has 0 bridgehead atoms. The maximum Gasteiger partial charge on any atom is 0.303 e. The number of esters is 3. The van der Waals surface area contributed by atoms with Gasteiger partial charge in [-0.05, 0) is 0 Å². The van der Waals surface area contributed by atoms with E-state index in [2.05, 4.69) is 9.97 Å². The second-order valence-corrected chi connectivity index (χ2v) is 9.93. The zero-order valence-corrected chi connectivity index (χ0v) is 20.8. The van der Waals surface area contributed by atoms with Gasteiger partial charge in [0, 0.05) is 33.2 Å². The van der Waals surface area contributed by atoms with E-state index in [1.807, 2.05) is 0 Å². The van der Waals surface area contributed by atoms with Gasteiger partial charge >= 0.3 is 17.9 Å². The van der Waals surface area contributed by atoms with Crippen molar-refractivity contribution < 1.29 is 46.5 Å². The molecule has 16 nitrogen and oxygen atoms in total. The highest BCUT2D eigenvalue weighted by Crippen LogP contribution is 2.36. The number of anilines is 1. The Bertz CT molecular complexity index is 1470. The smallest absolute Gasteiger partial charge is 0.303 e. The minimum Gasteiger partial charge on any atom is -0.463 e. The standard InChI is InChI=1S/C20H23N5O11S/c1-7(26)33-6-11-14(34-8(2)27)15(35-9(3)28)19(36-11)25-5-10(17(22)30)13(29)12-16(21)23-20(24-18(12)25)37(4,31)32/h5,11,14-15,19H,6H2,1-4H3,(H2,22,30)(H2,21,23,24). The van der Waals surface area contributed by atoms with Gasteiger partial charge in [-0.1, -0.05) is 0 Å². The van der Waals surface area contributed by atoms with Crippen LogP contribution in [0.25, 0.3) is 11.0 Å². The van der Waals surface area contributed by atoms with Crippen LogP contribution in [0.4, 0.5) is 5.82 Å². The Hall–Kier alpha value is -4.12. The predicted octanol–water partition coefficient (Wildman–Crippen LogP) is -1.80. The highest BCUT2D eigenvalue weighted by Gasteiger charge is 2.51. The second-order valence-electron chi connectivity index (χ2n) is 8.02. The largest absolute Gasteiger partial charge is 0.463 e. The molecule has 1 amide bonds. The summed E-state index contributed by atoms with van der Waals surface area (Å²) in [5.74, 6) is -4.09. The monoisotopic (exact) mass is 541 g/mol. The summed E-state index contributed by atoms with van der Waals surface area (Å²) in [6.45, 7) is 2.81. The number of hydrogen-bond acceptors (Lipinski definition) is 14. The Balaban J connectivity index is 2.35. The molecule has 37 heavy (non-hydrogen) atoms. The molecule has 1 fully saturated rings. The Morgan fingerprint density at radius 1 is 1.05 bits per heavy atom. The number of ether oxygens (including phenoxy) is 4. The number of fused-ring (bicyclic) bond motifs is 1. The zero-order chi connectivity index (χ0) is 27.8. The van der Waals surface area contributed by atoms with E-state index in [9.17, 15) is 32.4 Å². The number of nitrogens with zero attached hydrogens (tertiary/aromatic N) is 3. The van der Waals surface area contributed by atoms with E-state index in [0.717, 1.165) is 37.8 Å². The van der Waals surface area contributed by atoms with Gasteiger partial charge in [0.15, 0.2) is 24.1 Å². The molecule has 200 valence electrons. The molecule has 0 spiro atoms. The Kier molecular flexibility index (Phi) is 7.49. The van der Waals surface area contributed by atoms with Crippen molar-refractivity contribution in [1.82, 2.24) is 14.5 Å². The van der Waals surface area contributed by atoms with Crippen LogP contribution in [0.1, 0.15) is 37.4 Å². The predicted molar refractivity (Wildman–Crippen MR) is 121 cm³/mol. The van der Waals surface area contributed by atoms with E-state index in [1.165, 1.54) is 0 Å². The first kappa shape index (κ1) is 27.5. The number of nitrogens with two attached hydrogens (primary N) is 2. The van der Waals surface area contributed by atoms with E-state index in [0.29, 0.717) is 0 Å². The van der Waals surface area contributed by atoms with Crippen LogP contribution in [0, 0.1) is 0 Å². The summed E-state index contributed by atoms with van der Waals surface area (Å²) in [6.07, 6.45) is -3.80. The molecule has 17 heteroatoms. The summed E-state index contributed by atoms with van der Waals surface area (Å²) in [7, 11) is -4.05. The molecule has 3 heterocycles. The summed E-state index contributed by atoms with van der Waals surface area (Å²) < 4.78 is 46.8. The number of aromatic nitrogens is 3. The van der Waals surface area contributed by atoms with Crippen molar-refractivity contribution in [3.63, 3.8) is 0 Å². The fourth-order valence-electron chi connectivity index (χ4n) is 3.70. The Labute approximate surface area is 208 Å². The maximum atomic E-state index is 13.0. The summed E-state index contributed by atoms with van der Waals surface area (Å²) >= 11 is 0. The van der Waals surface area contributed by atoms with Crippen molar-refractivity contribution in [3.05, 3.63) is 22.0 Å². The van der Waals surface area contributed by atoms with Gasteiger partial charge in [-0.2, -0.15) is 4.98 Å². The van der Waals surface area contributed by atoms with Crippen LogP contribution in [-0.4, -0.2) is 77.9 Å². The third-order valence-corrected chi connectivity index (χ3v) is 5.94. The molecule has 1 aliphatic heterocycles. The van der Waals surface area contributed by atoms with E-state index >= 15 is 0 Å². The molecule has 2 aromatic heterocycles. The lowest BCUT2D eigenvalue weighted by Crippen LogP contribution is -2.41. The van der Waals surface area contributed by atoms with Gasteiger partial charge in [0.25, 0.3) is 11.1 Å².